The summed E-state index contributed by atoms with van der Waals surface area (Å²) in [7, 11) is 0. The Morgan fingerprint density at radius 3 is 2.32 bits per heavy atom. The Morgan fingerprint density at radius 2 is 1.68 bits per heavy atom. The minimum atomic E-state index is -1.01. The summed E-state index contributed by atoms with van der Waals surface area (Å²) in [5.74, 6) is -1.14. The van der Waals surface area contributed by atoms with E-state index in [1.54, 1.807) is 38.1 Å². The maximum Gasteiger partial charge on any atom is 0.335 e. The first-order chi connectivity index (χ1) is 10.4. The predicted octanol–water partition coefficient (Wildman–Crippen LogP) is 2.64. The molecule has 3 N–H and O–H groups in total. The van der Waals surface area contributed by atoms with Crippen LogP contribution < -0.4 is 5.32 Å². The quantitative estimate of drug-likeness (QED) is 0.810. The van der Waals surface area contributed by atoms with E-state index in [-0.39, 0.29) is 23.8 Å². The highest BCUT2D eigenvalue weighted by Gasteiger charge is 2.15. The van der Waals surface area contributed by atoms with Crippen LogP contribution in [0.25, 0.3) is 0 Å². The first-order valence-electron chi connectivity index (χ1n) is 6.79. The molecule has 0 aromatic heterocycles. The highest BCUT2D eigenvalue weighted by Crippen LogP contribution is 2.18. The molecule has 0 aliphatic heterocycles. The van der Waals surface area contributed by atoms with E-state index in [2.05, 4.69) is 5.32 Å². The topological polar surface area (TPSA) is 86.6 Å². The van der Waals surface area contributed by atoms with Crippen molar-refractivity contribution in [3.05, 3.63) is 64.2 Å². The smallest absolute Gasteiger partial charge is 0.335 e. The number of phenols is 1. The molecule has 0 bridgehead atoms. The van der Waals surface area contributed by atoms with Crippen molar-refractivity contribution in [3.63, 3.8) is 0 Å². The van der Waals surface area contributed by atoms with Gasteiger partial charge in [0, 0.05) is 12.1 Å². The fourth-order valence-corrected chi connectivity index (χ4v) is 2.24. The van der Waals surface area contributed by atoms with Crippen LogP contribution in [0.4, 0.5) is 0 Å². The molecule has 0 saturated carbocycles. The maximum atomic E-state index is 12.2. The second-order valence-corrected chi connectivity index (χ2v) is 5.07. The van der Waals surface area contributed by atoms with Crippen molar-refractivity contribution in [2.45, 2.75) is 20.4 Å². The van der Waals surface area contributed by atoms with Gasteiger partial charge in [0.2, 0.25) is 0 Å². The van der Waals surface area contributed by atoms with Crippen LogP contribution >= 0.6 is 0 Å². The molecule has 22 heavy (non-hydrogen) atoms. The van der Waals surface area contributed by atoms with Gasteiger partial charge in [-0.05, 0) is 54.8 Å². The van der Waals surface area contributed by atoms with Crippen molar-refractivity contribution in [1.82, 2.24) is 5.32 Å². The molecule has 5 heteroatoms. The Morgan fingerprint density at radius 1 is 1.05 bits per heavy atom. The summed E-state index contributed by atoms with van der Waals surface area (Å²) in [6.07, 6.45) is 0. The van der Waals surface area contributed by atoms with Crippen LogP contribution in [-0.2, 0) is 6.54 Å². The fourth-order valence-electron chi connectivity index (χ4n) is 2.24. The van der Waals surface area contributed by atoms with Crippen molar-refractivity contribution in [1.29, 1.82) is 0 Å². The molecule has 0 heterocycles. The third kappa shape index (κ3) is 3.25. The third-order valence-corrected chi connectivity index (χ3v) is 3.63. The van der Waals surface area contributed by atoms with Crippen molar-refractivity contribution >= 4 is 11.9 Å². The monoisotopic (exact) mass is 299 g/mol. The lowest BCUT2D eigenvalue weighted by atomic mass is 9.97. The largest absolute Gasteiger partial charge is 0.508 e. The Hall–Kier alpha value is -2.82. The standard InChI is InChI=1S/C17H17NO4/c1-10-11(2)15(17(21)22)7-6-14(10)16(20)18-9-12-4-3-5-13(19)8-12/h3-8,19H,9H2,1-2H3,(H,18,20)(H,21,22). The lowest BCUT2D eigenvalue weighted by molar-refractivity contribution is 0.0695. The van der Waals surface area contributed by atoms with E-state index >= 15 is 0 Å². The van der Waals surface area contributed by atoms with Gasteiger partial charge < -0.3 is 15.5 Å². The van der Waals surface area contributed by atoms with Crippen molar-refractivity contribution < 1.29 is 19.8 Å². The molecule has 0 radical (unpaired) electrons. The van der Waals surface area contributed by atoms with Crippen LogP contribution in [0, 0.1) is 13.8 Å². The first kappa shape index (κ1) is 15.6. The molecule has 0 fully saturated rings. The van der Waals surface area contributed by atoms with E-state index in [4.69, 9.17) is 5.11 Å². The van der Waals surface area contributed by atoms with E-state index in [0.29, 0.717) is 16.7 Å². The zero-order valence-electron chi connectivity index (χ0n) is 12.4. The number of benzene rings is 2. The highest BCUT2D eigenvalue weighted by molar-refractivity contribution is 5.98. The summed E-state index contributed by atoms with van der Waals surface area (Å²) in [5, 5.41) is 21.2. The number of hydrogen-bond acceptors (Lipinski definition) is 3. The van der Waals surface area contributed by atoms with Crippen LogP contribution in [-0.4, -0.2) is 22.1 Å². The number of carboxylic acids is 1. The summed E-state index contributed by atoms with van der Waals surface area (Å²) in [5.41, 5.74) is 2.65. The number of rotatable bonds is 4. The van der Waals surface area contributed by atoms with Gasteiger partial charge in [-0.3, -0.25) is 4.79 Å². The van der Waals surface area contributed by atoms with Gasteiger partial charge in [-0.15, -0.1) is 0 Å². The molecule has 0 atom stereocenters. The van der Waals surface area contributed by atoms with Crippen molar-refractivity contribution in [2.24, 2.45) is 0 Å². The molecule has 0 aliphatic carbocycles. The second kappa shape index (κ2) is 6.30. The first-order valence-corrected chi connectivity index (χ1v) is 6.79. The molecular formula is C17H17NO4. The molecule has 0 spiro atoms. The zero-order valence-corrected chi connectivity index (χ0v) is 12.4. The fraction of sp³-hybridized carbons (Fsp3) is 0.176. The molecule has 2 rings (SSSR count). The summed E-state index contributed by atoms with van der Waals surface area (Å²) < 4.78 is 0. The van der Waals surface area contributed by atoms with Crippen LogP contribution in [0.15, 0.2) is 36.4 Å². The molecule has 0 aliphatic rings. The van der Waals surface area contributed by atoms with Crippen LogP contribution in [0.3, 0.4) is 0 Å². The van der Waals surface area contributed by atoms with Gasteiger partial charge in [0.25, 0.3) is 5.91 Å². The summed E-state index contributed by atoms with van der Waals surface area (Å²) in [6.45, 7) is 3.70. The number of nitrogens with one attached hydrogen (secondary N) is 1. The SMILES string of the molecule is Cc1c(C(=O)O)ccc(C(=O)NCc2cccc(O)c2)c1C. The van der Waals surface area contributed by atoms with Gasteiger partial charge >= 0.3 is 5.97 Å². The average Bonchev–Trinajstić information content (AvgIpc) is 2.47. The molecule has 2 aromatic carbocycles. The molecule has 0 unspecified atom stereocenters. The van der Waals surface area contributed by atoms with E-state index in [0.717, 1.165) is 5.56 Å². The lowest BCUT2D eigenvalue weighted by Crippen LogP contribution is -2.24. The van der Waals surface area contributed by atoms with E-state index in [1.807, 2.05) is 0 Å². The number of carbonyl (C=O) groups is 2. The summed E-state index contributed by atoms with van der Waals surface area (Å²) in [6, 6.07) is 9.59. The highest BCUT2D eigenvalue weighted by atomic mass is 16.4. The van der Waals surface area contributed by atoms with Crippen molar-refractivity contribution in [3.8, 4) is 5.75 Å². The van der Waals surface area contributed by atoms with Gasteiger partial charge in [0.1, 0.15) is 5.75 Å². The predicted molar refractivity (Wildman–Crippen MR) is 82.2 cm³/mol. The number of carbonyl (C=O) groups excluding carboxylic acids is 1. The average molecular weight is 299 g/mol. The van der Waals surface area contributed by atoms with Crippen LogP contribution in [0.2, 0.25) is 0 Å². The van der Waals surface area contributed by atoms with E-state index in [9.17, 15) is 14.7 Å². The van der Waals surface area contributed by atoms with Crippen LogP contribution in [0.5, 0.6) is 5.75 Å². The van der Waals surface area contributed by atoms with Crippen molar-refractivity contribution in [2.75, 3.05) is 0 Å². The third-order valence-electron chi connectivity index (χ3n) is 3.63. The molecule has 2 aromatic rings. The van der Waals surface area contributed by atoms with Gasteiger partial charge in [0.05, 0.1) is 5.56 Å². The molecule has 0 saturated heterocycles. The Balaban J connectivity index is 2.16. The van der Waals surface area contributed by atoms with Gasteiger partial charge in [-0.25, -0.2) is 4.79 Å². The number of hydrogen-bond donors (Lipinski definition) is 3. The minimum Gasteiger partial charge on any atom is -0.508 e. The van der Waals surface area contributed by atoms with Gasteiger partial charge in [-0.2, -0.15) is 0 Å². The van der Waals surface area contributed by atoms with Crippen LogP contribution in [0.1, 0.15) is 37.4 Å². The number of amides is 1. The number of aromatic hydroxyl groups is 1. The van der Waals surface area contributed by atoms with E-state index in [1.165, 1.54) is 12.1 Å². The van der Waals surface area contributed by atoms with Gasteiger partial charge in [0.15, 0.2) is 0 Å². The zero-order chi connectivity index (χ0) is 16.3. The Labute approximate surface area is 128 Å². The Kier molecular flexibility index (Phi) is 4.46. The molecule has 114 valence electrons. The molecular weight excluding hydrogens is 282 g/mol. The number of carboxylic acid groups (broad SMARTS) is 1. The normalized spacial score (nSPS) is 10.3. The maximum absolute atomic E-state index is 12.2. The summed E-state index contributed by atoms with van der Waals surface area (Å²) >= 11 is 0. The Bertz CT molecular complexity index is 737. The molecule has 5 nitrogen and oxygen atoms in total. The van der Waals surface area contributed by atoms with Gasteiger partial charge in [-0.1, -0.05) is 12.1 Å². The number of aromatic carboxylic acids is 1. The van der Waals surface area contributed by atoms with E-state index < -0.39 is 5.97 Å². The number of phenolic OH excluding ortho intramolecular Hbond substituents is 1. The summed E-state index contributed by atoms with van der Waals surface area (Å²) in [4.78, 5) is 23.3. The minimum absolute atomic E-state index is 0.143. The molecule has 1 amide bonds. The lowest BCUT2D eigenvalue weighted by Gasteiger charge is -2.12. The second-order valence-electron chi connectivity index (χ2n) is 5.07.